The molecule has 2 aromatic heterocycles. The van der Waals surface area contributed by atoms with Gasteiger partial charge in [0.1, 0.15) is 5.82 Å². The van der Waals surface area contributed by atoms with Gasteiger partial charge in [-0.15, -0.1) is 0 Å². The molecule has 0 aliphatic carbocycles. The van der Waals surface area contributed by atoms with Gasteiger partial charge in [-0.25, -0.2) is 4.98 Å². The summed E-state index contributed by atoms with van der Waals surface area (Å²) >= 11 is 0. The molecule has 3 heteroatoms. The number of H-pyrrole nitrogens is 1. The molecule has 0 fully saturated rings. The molecular weight excluding hydrogens is 318 g/mol. The maximum Gasteiger partial charge on any atom is 0.138 e. The van der Waals surface area contributed by atoms with Crippen LogP contribution in [0, 0.1) is 6.92 Å². The molecule has 0 aliphatic heterocycles. The molecule has 0 saturated carbocycles. The second-order valence-corrected chi connectivity index (χ2v) is 7.81. The zero-order valence-corrected chi connectivity index (χ0v) is 15.7. The lowest BCUT2D eigenvalue weighted by Crippen LogP contribution is -2.10. The predicted molar refractivity (Wildman–Crippen MR) is 108 cm³/mol. The van der Waals surface area contributed by atoms with Gasteiger partial charge in [0.25, 0.3) is 0 Å². The second kappa shape index (κ2) is 6.10. The maximum absolute atomic E-state index is 4.75. The summed E-state index contributed by atoms with van der Waals surface area (Å²) in [7, 11) is 0. The van der Waals surface area contributed by atoms with E-state index in [4.69, 9.17) is 4.98 Å². The van der Waals surface area contributed by atoms with Gasteiger partial charge in [0.15, 0.2) is 0 Å². The average Bonchev–Trinajstić information content (AvgIpc) is 3.05. The minimum atomic E-state index is 0.127. The lowest BCUT2D eigenvalue weighted by atomic mass is 9.87. The number of hydrogen-bond donors (Lipinski definition) is 1. The number of rotatable bonds is 2. The Balaban J connectivity index is 1.70. The van der Waals surface area contributed by atoms with Crippen LogP contribution in [0.2, 0.25) is 0 Å². The van der Waals surface area contributed by atoms with Gasteiger partial charge < -0.3 is 4.98 Å². The molecule has 0 aliphatic rings. The lowest BCUT2D eigenvalue weighted by Gasteiger charge is -2.18. The molecule has 4 aromatic rings. The number of aromatic nitrogens is 3. The van der Waals surface area contributed by atoms with Crippen molar-refractivity contribution < 1.29 is 0 Å². The van der Waals surface area contributed by atoms with E-state index in [0.29, 0.717) is 0 Å². The van der Waals surface area contributed by atoms with Crippen molar-refractivity contribution in [3.05, 3.63) is 71.9 Å². The quantitative estimate of drug-likeness (QED) is 0.493. The van der Waals surface area contributed by atoms with Crippen molar-refractivity contribution in [2.45, 2.75) is 33.1 Å². The van der Waals surface area contributed by atoms with E-state index in [1.54, 1.807) is 0 Å². The number of nitrogens with one attached hydrogen (secondary N) is 1. The van der Waals surface area contributed by atoms with Crippen molar-refractivity contribution in [1.29, 1.82) is 0 Å². The Hall–Kier alpha value is -2.94. The zero-order chi connectivity index (χ0) is 18.3. The molecule has 0 unspecified atom stereocenters. The highest BCUT2D eigenvalue weighted by atomic mass is 14.9. The zero-order valence-electron chi connectivity index (χ0n) is 15.7. The Kier molecular flexibility index (Phi) is 3.87. The Morgan fingerprint density at radius 2 is 1.62 bits per heavy atom. The number of nitrogens with zero attached hydrogens (tertiary/aromatic N) is 2. The van der Waals surface area contributed by atoms with Gasteiger partial charge >= 0.3 is 0 Å². The highest BCUT2D eigenvalue weighted by Gasteiger charge is 2.15. The summed E-state index contributed by atoms with van der Waals surface area (Å²) in [5.41, 5.74) is 7.92. The van der Waals surface area contributed by atoms with Crippen LogP contribution in [0.1, 0.15) is 31.9 Å². The van der Waals surface area contributed by atoms with Gasteiger partial charge in [0.2, 0.25) is 0 Å². The van der Waals surface area contributed by atoms with Gasteiger partial charge in [-0.05, 0) is 41.7 Å². The molecule has 0 radical (unpaired) electrons. The monoisotopic (exact) mass is 341 g/mol. The molecule has 0 bridgehead atoms. The van der Waals surface area contributed by atoms with E-state index in [1.807, 2.05) is 12.3 Å². The second-order valence-electron chi connectivity index (χ2n) is 7.81. The summed E-state index contributed by atoms with van der Waals surface area (Å²) in [6.45, 7) is 8.76. The highest BCUT2D eigenvalue weighted by molar-refractivity contribution is 5.80. The van der Waals surface area contributed by atoms with Gasteiger partial charge in [-0.2, -0.15) is 0 Å². The SMILES string of the molecule is Cc1cccnc1-c1ccc(-c2nc3ccc(C(C)(C)C)cc3[nH]2)cc1. The van der Waals surface area contributed by atoms with E-state index in [-0.39, 0.29) is 5.41 Å². The van der Waals surface area contributed by atoms with E-state index < -0.39 is 0 Å². The smallest absolute Gasteiger partial charge is 0.138 e. The molecule has 1 N–H and O–H groups in total. The van der Waals surface area contributed by atoms with Crippen molar-refractivity contribution in [3.8, 4) is 22.6 Å². The topological polar surface area (TPSA) is 41.6 Å². The Bertz CT molecular complexity index is 1070. The van der Waals surface area contributed by atoms with Crippen molar-refractivity contribution >= 4 is 11.0 Å². The predicted octanol–water partition coefficient (Wildman–Crippen LogP) is 5.90. The molecule has 4 rings (SSSR count). The van der Waals surface area contributed by atoms with Crippen LogP contribution >= 0.6 is 0 Å². The molecular formula is C23H23N3. The summed E-state index contributed by atoms with van der Waals surface area (Å²) < 4.78 is 0. The molecule has 2 aromatic carbocycles. The first-order chi connectivity index (χ1) is 12.4. The van der Waals surface area contributed by atoms with Crippen molar-refractivity contribution in [2.75, 3.05) is 0 Å². The number of hydrogen-bond acceptors (Lipinski definition) is 2. The number of aromatic amines is 1. The van der Waals surface area contributed by atoms with E-state index >= 15 is 0 Å². The van der Waals surface area contributed by atoms with Crippen LogP contribution in [0.5, 0.6) is 0 Å². The number of pyridine rings is 1. The first kappa shape index (κ1) is 16.5. The van der Waals surface area contributed by atoms with Crippen LogP contribution in [0.4, 0.5) is 0 Å². The summed E-state index contributed by atoms with van der Waals surface area (Å²) in [4.78, 5) is 12.7. The maximum atomic E-state index is 4.75. The summed E-state index contributed by atoms with van der Waals surface area (Å²) in [5, 5.41) is 0. The van der Waals surface area contributed by atoms with Crippen LogP contribution in [0.15, 0.2) is 60.8 Å². The third-order valence-electron chi connectivity index (χ3n) is 4.79. The number of fused-ring (bicyclic) bond motifs is 1. The van der Waals surface area contributed by atoms with Crippen molar-refractivity contribution in [3.63, 3.8) is 0 Å². The third kappa shape index (κ3) is 3.01. The fourth-order valence-electron chi connectivity index (χ4n) is 3.19. The van der Waals surface area contributed by atoms with E-state index in [2.05, 4.69) is 86.2 Å². The highest BCUT2D eigenvalue weighted by Crippen LogP contribution is 2.28. The van der Waals surface area contributed by atoms with Crippen LogP contribution in [0.3, 0.4) is 0 Å². The standard InChI is InChI=1S/C23H23N3/c1-15-6-5-13-24-21(15)16-7-9-17(10-8-16)22-25-19-12-11-18(23(2,3)4)14-20(19)26-22/h5-14H,1-4H3,(H,25,26). The first-order valence-electron chi connectivity index (χ1n) is 8.94. The molecule has 130 valence electrons. The average molecular weight is 341 g/mol. The van der Waals surface area contributed by atoms with Crippen LogP contribution < -0.4 is 0 Å². The molecule has 3 nitrogen and oxygen atoms in total. The van der Waals surface area contributed by atoms with Crippen LogP contribution in [0.25, 0.3) is 33.7 Å². The first-order valence-corrected chi connectivity index (χ1v) is 8.94. The number of aryl methyl sites for hydroxylation is 1. The lowest BCUT2D eigenvalue weighted by molar-refractivity contribution is 0.591. The van der Waals surface area contributed by atoms with Gasteiger partial charge in [-0.3, -0.25) is 4.98 Å². The Morgan fingerprint density at radius 3 is 2.31 bits per heavy atom. The third-order valence-corrected chi connectivity index (χ3v) is 4.79. The fourth-order valence-corrected chi connectivity index (χ4v) is 3.19. The minimum Gasteiger partial charge on any atom is -0.338 e. The largest absolute Gasteiger partial charge is 0.338 e. The molecule has 0 saturated heterocycles. The number of benzene rings is 2. The Morgan fingerprint density at radius 1 is 0.885 bits per heavy atom. The summed E-state index contributed by atoms with van der Waals surface area (Å²) in [6, 6.07) is 18.9. The van der Waals surface area contributed by atoms with E-state index in [9.17, 15) is 0 Å². The van der Waals surface area contributed by atoms with Crippen LogP contribution in [-0.2, 0) is 5.41 Å². The van der Waals surface area contributed by atoms with Gasteiger partial charge in [-0.1, -0.05) is 57.2 Å². The van der Waals surface area contributed by atoms with E-state index in [0.717, 1.165) is 33.7 Å². The van der Waals surface area contributed by atoms with E-state index in [1.165, 1.54) is 11.1 Å². The Labute approximate surface area is 154 Å². The number of imidazole rings is 1. The van der Waals surface area contributed by atoms with Crippen molar-refractivity contribution in [1.82, 2.24) is 15.0 Å². The summed E-state index contributed by atoms with van der Waals surface area (Å²) in [5.74, 6) is 0.898. The van der Waals surface area contributed by atoms with Gasteiger partial charge in [0.05, 0.1) is 16.7 Å². The normalized spacial score (nSPS) is 11.8. The van der Waals surface area contributed by atoms with Crippen molar-refractivity contribution in [2.24, 2.45) is 0 Å². The molecule has 2 heterocycles. The fraction of sp³-hybridized carbons (Fsp3) is 0.217. The molecule has 0 amide bonds. The molecule has 0 atom stereocenters. The minimum absolute atomic E-state index is 0.127. The molecule has 0 spiro atoms. The summed E-state index contributed by atoms with van der Waals surface area (Å²) in [6.07, 6.45) is 1.84. The van der Waals surface area contributed by atoms with Crippen LogP contribution in [-0.4, -0.2) is 15.0 Å². The van der Waals surface area contributed by atoms with Gasteiger partial charge in [0, 0.05) is 17.3 Å². The molecule has 26 heavy (non-hydrogen) atoms.